The van der Waals surface area contributed by atoms with E-state index in [0.29, 0.717) is 47.9 Å². The van der Waals surface area contributed by atoms with Crippen LogP contribution in [0.25, 0.3) is 0 Å². The molecule has 2 saturated heterocycles. The highest BCUT2D eigenvalue weighted by Crippen LogP contribution is 2.26. The zero-order valence-corrected chi connectivity index (χ0v) is 22.8. The molecule has 3 N–H and O–H groups in total. The summed E-state index contributed by atoms with van der Waals surface area (Å²) in [6, 6.07) is 13.4. The van der Waals surface area contributed by atoms with Crippen LogP contribution in [0.3, 0.4) is 0 Å². The third kappa shape index (κ3) is 6.26. The highest BCUT2D eigenvalue weighted by atomic mass is 16.6. The number of carbonyl (C=O) groups is 5. The van der Waals surface area contributed by atoms with E-state index >= 15 is 0 Å². The van der Waals surface area contributed by atoms with Gasteiger partial charge in [-0.05, 0) is 37.1 Å². The second-order valence-electron chi connectivity index (χ2n) is 10.7. The number of hydrogen-bond acceptors (Lipinski definition) is 10. The molecule has 2 aromatic carbocycles. The summed E-state index contributed by atoms with van der Waals surface area (Å²) in [5.74, 6) is -1.68. The van der Waals surface area contributed by atoms with Gasteiger partial charge >= 0.3 is 5.97 Å². The predicted octanol–water partition coefficient (Wildman–Crippen LogP) is 1.27. The zero-order valence-electron chi connectivity index (χ0n) is 22.8. The fourth-order valence-corrected chi connectivity index (χ4v) is 5.62. The van der Waals surface area contributed by atoms with Gasteiger partial charge < -0.3 is 24.8 Å². The van der Waals surface area contributed by atoms with Crippen molar-refractivity contribution in [1.82, 2.24) is 9.80 Å². The predicted molar refractivity (Wildman–Crippen MR) is 144 cm³/mol. The average Bonchev–Trinajstić information content (AvgIpc) is 3.34. The van der Waals surface area contributed by atoms with Crippen molar-refractivity contribution in [3.05, 3.63) is 70.8 Å². The molecule has 0 bridgehead atoms. The number of amides is 4. The molecule has 4 amide bonds. The molecule has 0 spiro atoms. The SMILES string of the molecule is O=C1C[C@H](O)C[C@@H](CCN2C(=O)c3ccccc3C2=O)O1.O=C1c2ccccc2C(=O)N1CC[C@@H]1C[C@@H](O)CC(O)O1. The molecule has 4 heterocycles. The van der Waals surface area contributed by atoms with Gasteiger partial charge in [0.1, 0.15) is 6.10 Å². The topological polar surface area (TPSA) is 171 Å². The van der Waals surface area contributed by atoms with Crippen LogP contribution in [-0.4, -0.2) is 98.5 Å². The molecule has 5 atom stereocenters. The summed E-state index contributed by atoms with van der Waals surface area (Å²) in [4.78, 5) is 62.3. The van der Waals surface area contributed by atoms with E-state index in [1.807, 2.05) is 0 Å². The number of esters is 1. The molecule has 4 aliphatic rings. The van der Waals surface area contributed by atoms with E-state index in [1.54, 1.807) is 48.5 Å². The minimum absolute atomic E-state index is 0.00349. The largest absolute Gasteiger partial charge is 0.462 e. The van der Waals surface area contributed by atoms with Crippen molar-refractivity contribution in [2.45, 2.75) is 69.2 Å². The van der Waals surface area contributed by atoms with Crippen LogP contribution in [0.15, 0.2) is 48.5 Å². The van der Waals surface area contributed by atoms with Crippen molar-refractivity contribution in [3.8, 4) is 0 Å². The Hall–Kier alpha value is -3.97. The van der Waals surface area contributed by atoms with E-state index in [2.05, 4.69) is 0 Å². The maximum atomic E-state index is 12.2. The highest BCUT2D eigenvalue weighted by Gasteiger charge is 2.37. The summed E-state index contributed by atoms with van der Waals surface area (Å²) in [6.07, 6.45) is -1.42. The molecular weight excluding hydrogens is 548 g/mol. The number of aliphatic hydroxyl groups is 3. The molecule has 0 saturated carbocycles. The second kappa shape index (κ2) is 12.5. The van der Waals surface area contributed by atoms with E-state index < -0.39 is 30.6 Å². The number of ether oxygens (including phenoxy) is 2. The summed E-state index contributed by atoms with van der Waals surface area (Å²) in [7, 11) is 0. The lowest BCUT2D eigenvalue weighted by atomic mass is 10.0. The standard InChI is InChI=1S/C15H17NO5.C15H15NO5/c2*17-9-7-10(21-13(18)8-9)5-6-16-14(19)11-3-1-2-4-12(11)15(16)20/h1-4,9-10,13,17-18H,5-8H2;1-4,9-10,17H,5-8H2/t9-,10-,13?;9-,10-/m11/s1. The zero-order chi connectivity index (χ0) is 30.0. The third-order valence-electron chi connectivity index (χ3n) is 7.70. The van der Waals surface area contributed by atoms with Gasteiger partial charge in [-0.2, -0.15) is 0 Å². The molecule has 6 rings (SSSR count). The summed E-state index contributed by atoms with van der Waals surface area (Å²) in [5, 5.41) is 28.6. The van der Waals surface area contributed by atoms with Crippen LogP contribution in [0.4, 0.5) is 0 Å². The number of nitrogens with zero attached hydrogens (tertiary/aromatic N) is 2. The third-order valence-corrected chi connectivity index (χ3v) is 7.70. The minimum Gasteiger partial charge on any atom is -0.462 e. The Labute approximate surface area is 241 Å². The molecule has 0 aliphatic carbocycles. The first-order valence-electron chi connectivity index (χ1n) is 13.9. The smallest absolute Gasteiger partial charge is 0.308 e. The van der Waals surface area contributed by atoms with Crippen molar-refractivity contribution < 1.29 is 48.8 Å². The Morgan fingerprint density at radius 3 is 1.48 bits per heavy atom. The first kappa shape index (κ1) is 29.5. The van der Waals surface area contributed by atoms with Crippen LogP contribution in [0.1, 0.15) is 80.0 Å². The number of cyclic esters (lactones) is 1. The first-order chi connectivity index (χ1) is 20.1. The normalized spacial score (nSPS) is 26.9. The van der Waals surface area contributed by atoms with Crippen LogP contribution < -0.4 is 0 Å². The molecule has 12 nitrogen and oxygen atoms in total. The Bertz CT molecular complexity index is 1310. The number of fused-ring (bicyclic) bond motifs is 2. The molecule has 12 heteroatoms. The first-order valence-corrected chi connectivity index (χ1v) is 13.9. The van der Waals surface area contributed by atoms with Gasteiger partial charge in [-0.25, -0.2) is 0 Å². The summed E-state index contributed by atoms with van der Waals surface area (Å²) in [6.45, 7) is 0.396. The van der Waals surface area contributed by atoms with E-state index in [1.165, 1.54) is 9.80 Å². The molecule has 1 unspecified atom stereocenters. The van der Waals surface area contributed by atoms with Crippen LogP contribution in [0, 0.1) is 0 Å². The van der Waals surface area contributed by atoms with Crippen molar-refractivity contribution in [1.29, 1.82) is 0 Å². The van der Waals surface area contributed by atoms with Gasteiger partial charge in [0.15, 0.2) is 6.29 Å². The summed E-state index contributed by atoms with van der Waals surface area (Å²) >= 11 is 0. The van der Waals surface area contributed by atoms with E-state index in [-0.39, 0.29) is 55.7 Å². The monoisotopic (exact) mass is 580 g/mol. The molecule has 4 aliphatic heterocycles. The van der Waals surface area contributed by atoms with Crippen LogP contribution in [0.5, 0.6) is 0 Å². The maximum Gasteiger partial charge on any atom is 0.308 e. The van der Waals surface area contributed by atoms with Gasteiger partial charge in [-0.15, -0.1) is 0 Å². The van der Waals surface area contributed by atoms with Gasteiger partial charge in [0.05, 0.1) is 47.0 Å². The van der Waals surface area contributed by atoms with E-state index in [0.717, 1.165) is 0 Å². The van der Waals surface area contributed by atoms with Gasteiger partial charge in [0.2, 0.25) is 0 Å². The van der Waals surface area contributed by atoms with Crippen LogP contribution in [0.2, 0.25) is 0 Å². The number of benzene rings is 2. The quantitative estimate of drug-likeness (QED) is 0.334. The van der Waals surface area contributed by atoms with E-state index in [4.69, 9.17) is 9.47 Å². The number of imide groups is 2. The molecular formula is C30H32N2O10. The van der Waals surface area contributed by atoms with Crippen molar-refractivity contribution in [2.75, 3.05) is 13.1 Å². The lowest BCUT2D eigenvalue weighted by Gasteiger charge is -2.31. The Morgan fingerprint density at radius 2 is 1.05 bits per heavy atom. The molecule has 0 radical (unpaired) electrons. The Morgan fingerprint density at radius 1 is 0.619 bits per heavy atom. The Kier molecular flexibility index (Phi) is 8.78. The van der Waals surface area contributed by atoms with Gasteiger partial charge in [0, 0.05) is 32.4 Å². The summed E-state index contributed by atoms with van der Waals surface area (Å²) in [5.41, 5.74) is 1.66. The van der Waals surface area contributed by atoms with E-state index in [9.17, 15) is 39.3 Å². The molecule has 2 fully saturated rings. The van der Waals surface area contributed by atoms with Crippen LogP contribution in [-0.2, 0) is 14.3 Å². The number of hydrogen-bond donors (Lipinski definition) is 3. The lowest BCUT2D eigenvalue weighted by Crippen LogP contribution is -2.39. The lowest BCUT2D eigenvalue weighted by molar-refractivity contribution is -0.190. The second-order valence-corrected chi connectivity index (χ2v) is 10.7. The van der Waals surface area contributed by atoms with Gasteiger partial charge in [-0.3, -0.25) is 33.8 Å². The number of carbonyl (C=O) groups excluding carboxylic acids is 5. The average molecular weight is 581 g/mol. The fourth-order valence-electron chi connectivity index (χ4n) is 5.62. The summed E-state index contributed by atoms with van der Waals surface area (Å²) < 4.78 is 10.4. The molecule has 0 aromatic heterocycles. The van der Waals surface area contributed by atoms with Crippen LogP contribution >= 0.6 is 0 Å². The van der Waals surface area contributed by atoms with Crippen molar-refractivity contribution >= 4 is 29.6 Å². The Balaban J connectivity index is 0.000000168. The maximum absolute atomic E-state index is 12.2. The fraction of sp³-hybridized carbons (Fsp3) is 0.433. The number of aliphatic hydroxyl groups excluding tert-OH is 3. The van der Waals surface area contributed by atoms with Crippen molar-refractivity contribution in [2.24, 2.45) is 0 Å². The number of rotatable bonds is 6. The molecule has 2 aromatic rings. The van der Waals surface area contributed by atoms with Gasteiger partial charge in [-0.1, -0.05) is 24.3 Å². The minimum atomic E-state index is -0.985. The highest BCUT2D eigenvalue weighted by molar-refractivity contribution is 6.22. The van der Waals surface area contributed by atoms with Crippen molar-refractivity contribution in [3.63, 3.8) is 0 Å². The van der Waals surface area contributed by atoms with Gasteiger partial charge in [0.25, 0.3) is 23.6 Å². The molecule has 222 valence electrons. The molecule has 42 heavy (non-hydrogen) atoms.